The summed E-state index contributed by atoms with van der Waals surface area (Å²) in [5, 5.41) is 10.3. The van der Waals surface area contributed by atoms with Gasteiger partial charge in [-0.2, -0.15) is 15.0 Å². The molecule has 0 spiro atoms. The Morgan fingerprint density at radius 3 is 1.38 bits per heavy atom. The molecule has 1 heterocycles. The molecule has 1 aromatic rings. The molecule has 1 rings (SSSR count). The van der Waals surface area contributed by atoms with Crippen molar-refractivity contribution in [1.82, 2.24) is 25.6 Å². The second-order valence-electron chi connectivity index (χ2n) is 9.51. The van der Waals surface area contributed by atoms with Crippen molar-refractivity contribution in [3.05, 3.63) is 0 Å². The number of nitrogens with two attached hydrogens (primary N) is 1. The summed E-state index contributed by atoms with van der Waals surface area (Å²) in [4.78, 5) is 17.2. The van der Waals surface area contributed by atoms with E-state index in [1.54, 1.807) is 0 Å². The number of hydrogen-bond donors (Lipinski definition) is 4. The van der Waals surface area contributed by atoms with E-state index in [0.29, 0.717) is 17.8 Å². The van der Waals surface area contributed by atoms with Crippen molar-refractivity contribution < 1.29 is 0 Å². The van der Waals surface area contributed by atoms with Crippen molar-refractivity contribution in [3.63, 3.8) is 0 Å². The van der Waals surface area contributed by atoms with Crippen LogP contribution in [0.25, 0.3) is 0 Å². The van der Waals surface area contributed by atoms with Gasteiger partial charge in [0.1, 0.15) is 0 Å². The third-order valence-electron chi connectivity index (χ3n) is 5.74. The Balaban J connectivity index is 1.89. The smallest absolute Gasteiger partial charge is 0.231 e. The van der Waals surface area contributed by atoms with Crippen LogP contribution in [0.3, 0.4) is 0 Å². The minimum absolute atomic E-state index is 0.637. The zero-order valence-electron chi connectivity index (χ0n) is 22.5. The summed E-state index contributed by atoms with van der Waals surface area (Å²) in [6, 6.07) is 0. The predicted molar refractivity (Wildman–Crippen MR) is 147 cm³/mol. The van der Waals surface area contributed by atoms with E-state index in [1.165, 1.54) is 64.2 Å². The van der Waals surface area contributed by atoms with Crippen LogP contribution in [-0.4, -0.2) is 82.4 Å². The molecular formula is C25H53N9. The van der Waals surface area contributed by atoms with Gasteiger partial charge in [-0.05, 0) is 58.4 Å². The van der Waals surface area contributed by atoms with Gasteiger partial charge in [0.25, 0.3) is 0 Å². The molecule has 0 aromatic carbocycles. The van der Waals surface area contributed by atoms with Crippen molar-refractivity contribution in [2.75, 3.05) is 82.6 Å². The maximum absolute atomic E-state index is 5.49. The Labute approximate surface area is 209 Å². The predicted octanol–water partition coefficient (Wildman–Crippen LogP) is 3.23. The zero-order chi connectivity index (χ0) is 24.9. The minimum Gasteiger partial charge on any atom is -0.354 e. The lowest BCUT2D eigenvalue weighted by molar-refractivity contribution is 0.531. The lowest BCUT2D eigenvalue weighted by Gasteiger charge is -2.16. The molecule has 0 saturated carbocycles. The van der Waals surface area contributed by atoms with Gasteiger partial charge in [0.15, 0.2) is 0 Å². The van der Waals surface area contributed by atoms with Crippen molar-refractivity contribution in [1.29, 1.82) is 0 Å². The Bertz CT molecular complexity index is 569. The first-order chi connectivity index (χ1) is 16.5. The molecule has 9 nitrogen and oxygen atoms in total. The van der Waals surface area contributed by atoms with Gasteiger partial charge in [-0.1, -0.05) is 51.4 Å². The molecular weight excluding hydrogens is 426 g/mol. The van der Waals surface area contributed by atoms with Crippen LogP contribution in [0.1, 0.15) is 77.0 Å². The van der Waals surface area contributed by atoms with Gasteiger partial charge >= 0.3 is 0 Å². The van der Waals surface area contributed by atoms with E-state index in [4.69, 9.17) is 5.73 Å². The number of nitrogens with zero attached hydrogens (tertiary/aromatic N) is 5. The second kappa shape index (κ2) is 20.6. The van der Waals surface area contributed by atoms with E-state index in [-0.39, 0.29) is 0 Å². The van der Waals surface area contributed by atoms with Crippen molar-refractivity contribution in [2.24, 2.45) is 5.73 Å². The molecule has 9 heteroatoms. The molecule has 0 aliphatic rings. The highest BCUT2D eigenvalue weighted by Gasteiger charge is 2.09. The number of aromatic nitrogens is 3. The van der Waals surface area contributed by atoms with E-state index in [9.17, 15) is 0 Å². The molecule has 0 aliphatic heterocycles. The fourth-order valence-corrected chi connectivity index (χ4v) is 3.64. The maximum atomic E-state index is 5.49. The Morgan fingerprint density at radius 2 is 0.941 bits per heavy atom. The van der Waals surface area contributed by atoms with Crippen molar-refractivity contribution in [3.8, 4) is 0 Å². The van der Waals surface area contributed by atoms with E-state index in [2.05, 4.69) is 30.9 Å². The quantitative estimate of drug-likeness (QED) is 0.176. The van der Waals surface area contributed by atoms with E-state index in [1.807, 2.05) is 38.0 Å². The van der Waals surface area contributed by atoms with Crippen LogP contribution in [0.5, 0.6) is 0 Å². The molecule has 0 unspecified atom stereocenters. The molecule has 34 heavy (non-hydrogen) atoms. The molecule has 5 N–H and O–H groups in total. The summed E-state index contributed by atoms with van der Waals surface area (Å²) in [5.74, 6) is 1.97. The first-order valence-corrected chi connectivity index (χ1v) is 13.5. The number of rotatable bonds is 23. The molecule has 0 fully saturated rings. The second-order valence-corrected chi connectivity index (χ2v) is 9.51. The average molecular weight is 480 g/mol. The highest BCUT2D eigenvalue weighted by Crippen LogP contribution is 2.13. The average Bonchev–Trinajstić information content (AvgIpc) is 2.82. The third kappa shape index (κ3) is 16.0. The van der Waals surface area contributed by atoms with E-state index < -0.39 is 0 Å². The SMILES string of the molecule is CN(C)c1nc(NCCCNCCCCCCCCCCCCNCCCN)nc(N(C)C)n1. The van der Waals surface area contributed by atoms with Crippen LogP contribution in [0.15, 0.2) is 0 Å². The summed E-state index contributed by atoms with van der Waals surface area (Å²) in [6.45, 7) is 5.99. The van der Waals surface area contributed by atoms with Crippen LogP contribution in [0, 0.1) is 0 Å². The normalized spacial score (nSPS) is 11.1. The third-order valence-corrected chi connectivity index (χ3v) is 5.74. The highest BCUT2D eigenvalue weighted by atomic mass is 15.3. The van der Waals surface area contributed by atoms with Crippen LogP contribution in [-0.2, 0) is 0 Å². The molecule has 0 amide bonds. The standard InChI is InChI=1S/C25H53N9/c1-33(2)24-30-23(31-25(32-24)34(3)4)29-22-16-21-28-19-14-12-10-8-6-5-7-9-11-13-18-27-20-15-17-26/h27-28H,5-22,26H2,1-4H3,(H,29,30,31,32). The molecule has 1 aromatic heterocycles. The van der Waals surface area contributed by atoms with Gasteiger partial charge in [0.2, 0.25) is 17.8 Å². The Hall–Kier alpha value is -1.71. The molecule has 0 saturated heterocycles. The monoisotopic (exact) mass is 479 g/mol. The molecule has 0 bridgehead atoms. The first kappa shape index (κ1) is 30.3. The number of unbranched alkanes of at least 4 members (excludes halogenated alkanes) is 9. The van der Waals surface area contributed by atoms with Crippen molar-refractivity contribution >= 4 is 17.8 Å². The Morgan fingerprint density at radius 1 is 0.529 bits per heavy atom. The minimum atomic E-state index is 0.637. The van der Waals surface area contributed by atoms with Gasteiger partial charge in [-0.15, -0.1) is 0 Å². The lowest BCUT2D eigenvalue weighted by atomic mass is 10.1. The number of nitrogens with one attached hydrogen (secondary N) is 3. The molecule has 0 radical (unpaired) electrons. The zero-order valence-corrected chi connectivity index (χ0v) is 22.5. The van der Waals surface area contributed by atoms with Gasteiger partial charge in [-0.25, -0.2) is 0 Å². The van der Waals surface area contributed by atoms with E-state index in [0.717, 1.165) is 52.1 Å². The summed E-state index contributed by atoms with van der Waals surface area (Å²) in [7, 11) is 7.76. The maximum Gasteiger partial charge on any atom is 0.231 e. The first-order valence-electron chi connectivity index (χ1n) is 13.5. The van der Waals surface area contributed by atoms with Crippen LogP contribution < -0.4 is 31.5 Å². The summed E-state index contributed by atoms with van der Waals surface area (Å²) < 4.78 is 0. The molecule has 198 valence electrons. The number of anilines is 3. The van der Waals surface area contributed by atoms with Crippen LogP contribution in [0.4, 0.5) is 17.8 Å². The van der Waals surface area contributed by atoms with Gasteiger partial charge in [0.05, 0.1) is 0 Å². The van der Waals surface area contributed by atoms with E-state index >= 15 is 0 Å². The van der Waals surface area contributed by atoms with Crippen LogP contribution >= 0.6 is 0 Å². The summed E-state index contributed by atoms with van der Waals surface area (Å²) >= 11 is 0. The van der Waals surface area contributed by atoms with Crippen LogP contribution in [0.2, 0.25) is 0 Å². The van der Waals surface area contributed by atoms with Gasteiger partial charge < -0.3 is 31.5 Å². The number of hydrogen-bond acceptors (Lipinski definition) is 9. The van der Waals surface area contributed by atoms with Crippen molar-refractivity contribution in [2.45, 2.75) is 77.0 Å². The lowest BCUT2D eigenvalue weighted by Crippen LogP contribution is -2.22. The highest BCUT2D eigenvalue weighted by molar-refractivity contribution is 5.43. The fourth-order valence-electron chi connectivity index (χ4n) is 3.64. The summed E-state index contributed by atoms with van der Waals surface area (Å²) in [6.07, 6.45) is 15.8. The fraction of sp³-hybridized carbons (Fsp3) is 0.880. The van der Waals surface area contributed by atoms with Gasteiger partial charge in [0, 0.05) is 34.7 Å². The molecule has 0 aliphatic carbocycles. The largest absolute Gasteiger partial charge is 0.354 e. The molecule has 0 atom stereocenters. The Kier molecular flexibility index (Phi) is 18.4. The summed E-state index contributed by atoms with van der Waals surface area (Å²) in [5.41, 5.74) is 5.49. The van der Waals surface area contributed by atoms with Gasteiger partial charge in [-0.3, -0.25) is 0 Å². The topological polar surface area (TPSA) is 107 Å².